The van der Waals surface area contributed by atoms with Gasteiger partial charge in [0.25, 0.3) is 5.91 Å². The molecule has 5 rings (SSSR count). The van der Waals surface area contributed by atoms with Crippen molar-refractivity contribution in [3.63, 3.8) is 0 Å². The van der Waals surface area contributed by atoms with Gasteiger partial charge in [-0.15, -0.1) is 16.4 Å². The largest absolute Gasteiger partial charge is 0.377 e. The lowest BCUT2D eigenvalue weighted by atomic mass is 9.55. The number of hydrogen-bond acceptors (Lipinski definition) is 5. The van der Waals surface area contributed by atoms with Crippen molar-refractivity contribution in [2.75, 3.05) is 6.61 Å². The predicted octanol–water partition coefficient (Wildman–Crippen LogP) is 3.93. The van der Waals surface area contributed by atoms with Crippen molar-refractivity contribution in [1.29, 1.82) is 0 Å². The van der Waals surface area contributed by atoms with Gasteiger partial charge in [0.2, 0.25) is 5.82 Å². The third-order valence-corrected chi connectivity index (χ3v) is 7.04. The first kappa shape index (κ1) is 18.5. The Balaban J connectivity index is 1.45. The Bertz CT molecular complexity index is 1010. The third-order valence-electron chi connectivity index (χ3n) is 6.17. The van der Waals surface area contributed by atoms with Gasteiger partial charge in [-0.1, -0.05) is 38.1 Å². The maximum Gasteiger partial charge on any atom is 0.291 e. The van der Waals surface area contributed by atoms with Crippen molar-refractivity contribution in [1.82, 2.24) is 20.1 Å². The second-order valence-electron chi connectivity index (χ2n) is 8.35. The highest BCUT2D eigenvalue weighted by molar-refractivity contribution is 7.13. The average Bonchev–Trinajstić information content (AvgIpc) is 3.42. The molecule has 1 saturated heterocycles. The zero-order chi connectivity index (χ0) is 20.0. The van der Waals surface area contributed by atoms with Crippen LogP contribution >= 0.6 is 11.3 Å². The van der Waals surface area contributed by atoms with Crippen LogP contribution in [0.5, 0.6) is 0 Å². The molecular formula is C22H24N4O2S. The number of thiophene rings is 1. The van der Waals surface area contributed by atoms with Crippen LogP contribution in [0.3, 0.4) is 0 Å². The molecule has 1 N–H and O–H groups in total. The van der Waals surface area contributed by atoms with Gasteiger partial charge < -0.3 is 10.1 Å². The van der Waals surface area contributed by atoms with Gasteiger partial charge >= 0.3 is 0 Å². The number of carbonyl (C=O) groups excluding carboxylic acids is 1. The number of carbonyl (C=O) groups is 1. The smallest absolute Gasteiger partial charge is 0.291 e. The van der Waals surface area contributed by atoms with E-state index in [9.17, 15) is 4.79 Å². The van der Waals surface area contributed by atoms with E-state index in [1.807, 2.05) is 47.8 Å². The quantitative estimate of drug-likeness (QED) is 0.710. The van der Waals surface area contributed by atoms with E-state index >= 15 is 0 Å². The molecule has 6 nitrogen and oxygen atoms in total. The minimum absolute atomic E-state index is 0.0779. The number of hydrogen-bond donors (Lipinski definition) is 1. The highest BCUT2D eigenvalue weighted by Gasteiger charge is 2.58. The number of ether oxygens (including phenoxy) is 1. The molecule has 0 spiro atoms. The maximum atomic E-state index is 13.1. The number of aromatic nitrogens is 3. The van der Waals surface area contributed by atoms with Crippen molar-refractivity contribution in [2.45, 2.75) is 38.8 Å². The summed E-state index contributed by atoms with van der Waals surface area (Å²) >= 11 is 1.58. The van der Waals surface area contributed by atoms with E-state index in [1.165, 1.54) is 0 Å². The lowest BCUT2D eigenvalue weighted by molar-refractivity contribution is -0.189. The first-order valence-electron chi connectivity index (χ1n) is 10.0. The molecule has 2 aliphatic rings. The predicted molar refractivity (Wildman–Crippen MR) is 112 cm³/mol. The molecule has 1 saturated carbocycles. The van der Waals surface area contributed by atoms with Crippen LogP contribution in [-0.4, -0.2) is 39.4 Å². The molecule has 3 heterocycles. The van der Waals surface area contributed by atoms with E-state index in [0.29, 0.717) is 11.7 Å². The lowest BCUT2D eigenvalue weighted by Gasteiger charge is -2.59. The summed E-state index contributed by atoms with van der Waals surface area (Å²) in [5.41, 5.74) is 0.798. The SMILES string of the molecule is CC1(C)C(NC(=O)c2nc(-c3cccs3)n(-c3ccccc3)n2)C2CCCOC21. The van der Waals surface area contributed by atoms with Gasteiger partial charge in [-0.25, -0.2) is 9.67 Å². The van der Waals surface area contributed by atoms with Crippen molar-refractivity contribution in [2.24, 2.45) is 11.3 Å². The van der Waals surface area contributed by atoms with Gasteiger partial charge in [-0.2, -0.15) is 0 Å². The highest BCUT2D eigenvalue weighted by Crippen LogP contribution is 2.51. The summed E-state index contributed by atoms with van der Waals surface area (Å²) in [6.07, 6.45) is 2.36. The van der Waals surface area contributed by atoms with Crippen LogP contribution < -0.4 is 5.32 Å². The van der Waals surface area contributed by atoms with Crippen LogP contribution in [0.2, 0.25) is 0 Å². The molecule has 1 amide bonds. The summed E-state index contributed by atoms with van der Waals surface area (Å²) < 4.78 is 7.70. The molecule has 3 atom stereocenters. The Morgan fingerprint density at radius 3 is 2.83 bits per heavy atom. The highest BCUT2D eigenvalue weighted by atomic mass is 32.1. The summed E-state index contributed by atoms with van der Waals surface area (Å²) in [5.74, 6) is 1.03. The van der Waals surface area contributed by atoms with Crippen LogP contribution in [0.1, 0.15) is 37.3 Å². The number of amides is 1. The molecule has 1 aliphatic heterocycles. The van der Waals surface area contributed by atoms with E-state index in [-0.39, 0.29) is 29.3 Å². The van der Waals surface area contributed by atoms with Gasteiger partial charge in [0.1, 0.15) is 0 Å². The van der Waals surface area contributed by atoms with Crippen LogP contribution in [0.4, 0.5) is 0 Å². The number of benzene rings is 1. The van der Waals surface area contributed by atoms with Crippen LogP contribution in [0, 0.1) is 11.3 Å². The molecule has 2 fully saturated rings. The molecule has 150 valence electrons. The van der Waals surface area contributed by atoms with Gasteiger partial charge in [0, 0.05) is 24.0 Å². The molecule has 0 radical (unpaired) electrons. The molecule has 1 aromatic carbocycles. The van der Waals surface area contributed by atoms with Crippen molar-refractivity contribution < 1.29 is 9.53 Å². The molecule has 1 aliphatic carbocycles. The molecule has 3 unspecified atom stereocenters. The summed E-state index contributed by atoms with van der Waals surface area (Å²) in [5, 5.41) is 9.77. The molecule has 2 aromatic heterocycles. The zero-order valence-corrected chi connectivity index (χ0v) is 17.4. The monoisotopic (exact) mass is 408 g/mol. The minimum atomic E-state index is -0.223. The normalized spacial score (nSPS) is 25.1. The fourth-order valence-electron chi connectivity index (χ4n) is 4.74. The molecular weight excluding hydrogens is 384 g/mol. The number of fused-ring (bicyclic) bond motifs is 1. The van der Waals surface area contributed by atoms with E-state index in [1.54, 1.807) is 16.0 Å². The first-order chi connectivity index (χ1) is 14.1. The van der Waals surface area contributed by atoms with Crippen molar-refractivity contribution in [3.8, 4) is 16.4 Å². The minimum Gasteiger partial charge on any atom is -0.377 e. The topological polar surface area (TPSA) is 69.0 Å². The third kappa shape index (κ3) is 3.09. The Labute approximate surface area is 173 Å². The lowest BCUT2D eigenvalue weighted by Crippen LogP contribution is -2.70. The Hall–Kier alpha value is -2.51. The molecule has 7 heteroatoms. The van der Waals surface area contributed by atoms with Crippen molar-refractivity contribution >= 4 is 17.2 Å². The summed E-state index contributed by atoms with van der Waals surface area (Å²) in [4.78, 5) is 18.7. The van der Waals surface area contributed by atoms with Crippen LogP contribution in [-0.2, 0) is 4.74 Å². The fraction of sp³-hybridized carbons (Fsp3) is 0.409. The second-order valence-corrected chi connectivity index (χ2v) is 9.30. The van der Waals surface area contributed by atoms with Crippen LogP contribution in [0.15, 0.2) is 47.8 Å². The van der Waals surface area contributed by atoms with E-state index < -0.39 is 0 Å². The van der Waals surface area contributed by atoms with E-state index in [0.717, 1.165) is 30.0 Å². The maximum absolute atomic E-state index is 13.1. The molecule has 0 bridgehead atoms. The summed E-state index contributed by atoms with van der Waals surface area (Å²) in [6, 6.07) is 13.8. The number of nitrogens with zero attached hydrogens (tertiary/aromatic N) is 3. The fourth-order valence-corrected chi connectivity index (χ4v) is 5.44. The number of rotatable bonds is 4. The standard InChI is InChI=1S/C22H24N4O2S/c1-22(2)17(15-10-6-12-28-18(15)22)23-21(27)19-24-20(16-11-7-13-29-16)26(25-19)14-8-4-3-5-9-14/h3-5,7-9,11,13,15,17-18H,6,10,12H2,1-2H3,(H,23,27). The molecule has 29 heavy (non-hydrogen) atoms. The van der Waals surface area contributed by atoms with Gasteiger partial charge in [0.05, 0.1) is 16.7 Å². The number of para-hydroxylation sites is 1. The van der Waals surface area contributed by atoms with E-state index in [4.69, 9.17) is 4.74 Å². The average molecular weight is 409 g/mol. The van der Waals surface area contributed by atoms with Crippen LogP contribution in [0.25, 0.3) is 16.4 Å². The Morgan fingerprint density at radius 2 is 2.07 bits per heavy atom. The van der Waals surface area contributed by atoms with Crippen molar-refractivity contribution in [3.05, 3.63) is 53.7 Å². The number of nitrogens with one attached hydrogen (secondary N) is 1. The first-order valence-corrected chi connectivity index (χ1v) is 10.9. The van der Waals surface area contributed by atoms with Gasteiger partial charge in [0.15, 0.2) is 5.82 Å². The second kappa shape index (κ2) is 7.07. The summed E-state index contributed by atoms with van der Waals surface area (Å²) in [6.45, 7) is 5.15. The summed E-state index contributed by atoms with van der Waals surface area (Å²) in [7, 11) is 0. The van der Waals surface area contributed by atoms with Gasteiger partial charge in [-0.3, -0.25) is 4.79 Å². The van der Waals surface area contributed by atoms with E-state index in [2.05, 4.69) is 29.2 Å². The Kier molecular flexibility index (Phi) is 4.52. The van der Waals surface area contributed by atoms with Gasteiger partial charge in [-0.05, 0) is 36.4 Å². The zero-order valence-electron chi connectivity index (χ0n) is 16.5. The Morgan fingerprint density at radius 1 is 1.24 bits per heavy atom. The molecule has 3 aromatic rings.